The van der Waals surface area contributed by atoms with Crippen LogP contribution < -0.4 is 14.8 Å². The summed E-state index contributed by atoms with van der Waals surface area (Å²) in [5.74, 6) is 0.418. The molecule has 0 aliphatic heterocycles. The molecule has 5 nitrogen and oxygen atoms in total. The lowest BCUT2D eigenvalue weighted by Crippen LogP contribution is -2.13. The predicted octanol–water partition coefficient (Wildman–Crippen LogP) is 7.20. The van der Waals surface area contributed by atoms with Gasteiger partial charge in [-0.15, -0.1) is 0 Å². The molecule has 0 radical (unpaired) electrons. The Kier molecular flexibility index (Phi) is 8.40. The average Bonchev–Trinajstić information content (AvgIpc) is 2.80. The highest BCUT2D eigenvalue weighted by atomic mass is 79.9. The van der Waals surface area contributed by atoms with E-state index in [1.807, 2.05) is 37.3 Å². The number of aryl methyl sites for hydroxylation is 1. The standard InChI is InChI=1S/C25H19BrCl2N2O3/c1-15-3-5-16(6-4-15)14-33-24-12-20(26)17(10-23(24)32-2)9-18(13-29)25(31)30-19-7-8-21(27)22(28)11-19/h3-12H,14H2,1-2H3,(H,30,31)/b18-9+. The van der Waals surface area contributed by atoms with E-state index < -0.39 is 5.91 Å². The molecule has 3 aromatic rings. The normalized spacial score (nSPS) is 11.0. The SMILES string of the molecule is COc1cc(/C=C(\C#N)C(=O)Nc2ccc(Cl)c(Cl)c2)c(Br)cc1OCc1ccc(C)cc1. The van der Waals surface area contributed by atoms with Crippen molar-refractivity contribution in [3.05, 3.63) is 91.4 Å². The topological polar surface area (TPSA) is 71.3 Å². The van der Waals surface area contributed by atoms with Crippen molar-refractivity contribution in [2.45, 2.75) is 13.5 Å². The third-order valence-corrected chi connectivity index (χ3v) is 6.07. The predicted molar refractivity (Wildman–Crippen MR) is 135 cm³/mol. The minimum Gasteiger partial charge on any atom is -0.493 e. The summed E-state index contributed by atoms with van der Waals surface area (Å²) in [5, 5.41) is 12.8. The van der Waals surface area contributed by atoms with Crippen molar-refractivity contribution in [2.75, 3.05) is 12.4 Å². The molecule has 0 aliphatic rings. The number of amides is 1. The van der Waals surface area contributed by atoms with Gasteiger partial charge in [-0.25, -0.2) is 0 Å². The highest BCUT2D eigenvalue weighted by Gasteiger charge is 2.14. The van der Waals surface area contributed by atoms with Crippen molar-refractivity contribution >= 4 is 56.8 Å². The largest absolute Gasteiger partial charge is 0.493 e. The third kappa shape index (κ3) is 6.52. The molecule has 0 unspecified atom stereocenters. The summed E-state index contributed by atoms with van der Waals surface area (Å²) in [7, 11) is 1.53. The maximum Gasteiger partial charge on any atom is 0.266 e. The van der Waals surface area contributed by atoms with Crippen LogP contribution in [0.15, 0.2) is 64.6 Å². The van der Waals surface area contributed by atoms with Crippen LogP contribution in [-0.4, -0.2) is 13.0 Å². The first-order valence-corrected chi connectivity index (χ1v) is 11.3. The summed E-state index contributed by atoms with van der Waals surface area (Å²) < 4.78 is 12.0. The smallest absolute Gasteiger partial charge is 0.266 e. The van der Waals surface area contributed by atoms with Gasteiger partial charge in [0.2, 0.25) is 0 Å². The van der Waals surface area contributed by atoms with E-state index in [1.165, 1.54) is 24.8 Å². The van der Waals surface area contributed by atoms with Gasteiger partial charge in [-0.3, -0.25) is 4.79 Å². The van der Waals surface area contributed by atoms with Crippen LogP contribution in [0.5, 0.6) is 11.5 Å². The number of nitrogens with one attached hydrogen (secondary N) is 1. The van der Waals surface area contributed by atoms with Crippen LogP contribution in [0.4, 0.5) is 5.69 Å². The fourth-order valence-electron chi connectivity index (χ4n) is 2.86. The van der Waals surface area contributed by atoms with Crippen molar-refractivity contribution in [3.63, 3.8) is 0 Å². The average molecular weight is 546 g/mol. The highest BCUT2D eigenvalue weighted by molar-refractivity contribution is 9.10. The Bertz CT molecular complexity index is 1250. The van der Waals surface area contributed by atoms with Crippen LogP contribution in [0.2, 0.25) is 10.0 Å². The van der Waals surface area contributed by atoms with Gasteiger partial charge in [0, 0.05) is 10.2 Å². The third-order valence-electron chi connectivity index (χ3n) is 4.64. The minimum atomic E-state index is -0.582. The maximum absolute atomic E-state index is 12.6. The lowest BCUT2D eigenvalue weighted by molar-refractivity contribution is -0.112. The Morgan fingerprint density at radius 2 is 1.82 bits per heavy atom. The summed E-state index contributed by atoms with van der Waals surface area (Å²) in [6, 6.07) is 18.1. The number of benzene rings is 3. The summed E-state index contributed by atoms with van der Waals surface area (Å²) in [6.45, 7) is 2.39. The van der Waals surface area contributed by atoms with Gasteiger partial charge in [0.25, 0.3) is 5.91 Å². The number of hydrogen-bond acceptors (Lipinski definition) is 4. The van der Waals surface area contributed by atoms with Crippen LogP contribution in [-0.2, 0) is 11.4 Å². The van der Waals surface area contributed by atoms with E-state index in [4.69, 9.17) is 32.7 Å². The van der Waals surface area contributed by atoms with Crippen molar-refractivity contribution in [1.82, 2.24) is 0 Å². The molecule has 33 heavy (non-hydrogen) atoms. The Labute approximate surface area is 210 Å². The number of methoxy groups -OCH3 is 1. The number of anilines is 1. The molecular weight excluding hydrogens is 527 g/mol. The zero-order valence-electron chi connectivity index (χ0n) is 17.8. The Balaban J connectivity index is 1.81. The molecule has 0 saturated carbocycles. The first-order chi connectivity index (χ1) is 15.8. The Hall–Kier alpha value is -2.98. The molecule has 1 N–H and O–H groups in total. The molecule has 0 heterocycles. The van der Waals surface area contributed by atoms with E-state index in [-0.39, 0.29) is 5.57 Å². The van der Waals surface area contributed by atoms with Gasteiger partial charge < -0.3 is 14.8 Å². The molecule has 0 aliphatic carbocycles. The van der Waals surface area contributed by atoms with E-state index in [0.29, 0.717) is 43.9 Å². The molecule has 1 amide bonds. The second-order valence-electron chi connectivity index (χ2n) is 7.05. The van der Waals surface area contributed by atoms with Gasteiger partial charge in [-0.1, -0.05) is 69.0 Å². The minimum absolute atomic E-state index is 0.0999. The summed E-state index contributed by atoms with van der Waals surface area (Å²) >= 11 is 15.4. The second-order valence-corrected chi connectivity index (χ2v) is 8.72. The number of nitrogens with zero attached hydrogens (tertiary/aromatic N) is 1. The highest BCUT2D eigenvalue weighted by Crippen LogP contribution is 2.35. The maximum atomic E-state index is 12.6. The summed E-state index contributed by atoms with van der Waals surface area (Å²) in [6.07, 6.45) is 1.46. The quantitative estimate of drug-likeness (QED) is 0.252. The van der Waals surface area contributed by atoms with Gasteiger partial charge in [-0.05, 0) is 54.5 Å². The Morgan fingerprint density at radius 3 is 2.45 bits per heavy atom. The molecule has 3 aromatic carbocycles. The second kappa shape index (κ2) is 11.2. The molecule has 0 aromatic heterocycles. The number of carbonyl (C=O) groups is 1. The number of carbonyl (C=O) groups excluding carboxylic acids is 1. The van der Waals surface area contributed by atoms with Gasteiger partial charge in [0.05, 0.1) is 17.2 Å². The number of halogens is 3. The molecule has 168 valence electrons. The van der Waals surface area contributed by atoms with E-state index in [0.717, 1.165) is 5.56 Å². The van der Waals surface area contributed by atoms with Crippen LogP contribution in [0.1, 0.15) is 16.7 Å². The Morgan fingerprint density at radius 1 is 1.09 bits per heavy atom. The lowest BCUT2D eigenvalue weighted by atomic mass is 10.1. The van der Waals surface area contributed by atoms with Gasteiger partial charge in [0.1, 0.15) is 18.2 Å². The molecule has 8 heteroatoms. The van der Waals surface area contributed by atoms with Crippen molar-refractivity contribution in [2.24, 2.45) is 0 Å². The van der Waals surface area contributed by atoms with Gasteiger partial charge in [0.15, 0.2) is 11.5 Å². The summed E-state index contributed by atoms with van der Waals surface area (Å²) in [4.78, 5) is 12.6. The monoisotopic (exact) mass is 544 g/mol. The molecule has 0 fully saturated rings. The van der Waals surface area contributed by atoms with E-state index in [1.54, 1.807) is 24.3 Å². The van der Waals surface area contributed by atoms with Crippen molar-refractivity contribution < 1.29 is 14.3 Å². The van der Waals surface area contributed by atoms with Crippen LogP contribution >= 0.6 is 39.1 Å². The van der Waals surface area contributed by atoms with E-state index in [9.17, 15) is 10.1 Å². The van der Waals surface area contributed by atoms with E-state index >= 15 is 0 Å². The molecule has 0 saturated heterocycles. The zero-order chi connectivity index (χ0) is 24.0. The molecule has 3 rings (SSSR count). The number of ether oxygens (including phenoxy) is 2. The number of rotatable bonds is 7. The lowest BCUT2D eigenvalue weighted by Gasteiger charge is -2.13. The van der Waals surface area contributed by atoms with Crippen molar-refractivity contribution in [3.8, 4) is 17.6 Å². The molecule has 0 atom stereocenters. The summed E-state index contributed by atoms with van der Waals surface area (Å²) in [5.41, 5.74) is 3.10. The fraction of sp³-hybridized carbons (Fsp3) is 0.120. The van der Waals surface area contributed by atoms with Crippen LogP contribution in [0.25, 0.3) is 6.08 Å². The molecular formula is C25H19BrCl2N2O3. The van der Waals surface area contributed by atoms with Gasteiger partial charge in [-0.2, -0.15) is 5.26 Å². The fourth-order valence-corrected chi connectivity index (χ4v) is 3.59. The molecule has 0 bridgehead atoms. The number of hydrogen-bond donors (Lipinski definition) is 1. The molecule has 0 spiro atoms. The number of nitriles is 1. The van der Waals surface area contributed by atoms with Crippen LogP contribution in [0, 0.1) is 18.3 Å². The first-order valence-electron chi connectivity index (χ1n) is 9.74. The van der Waals surface area contributed by atoms with E-state index in [2.05, 4.69) is 21.2 Å². The van der Waals surface area contributed by atoms with Crippen molar-refractivity contribution in [1.29, 1.82) is 5.26 Å². The van der Waals surface area contributed by atoms with Gasteiger partial charge >= 0.3 is 0 Å². The zero-order valence-corrected chi connectivity index (χ0v) is 20.9. The first kappa shape index (κ1) is 24.7. The van der Waals surface area contributed by atoms with Crippen LogP contribution in [0.3, 0.4) is 0 Å².